The molecule has 0 aliphatic carbocycles. The van der Waals surface area contributed by atoms with Crippen LogP contribution in [-0.4, -0.2) is 32.7 Å². The molecule has 0 aromatic heterocycles. The molecule has 1 aromatic carbocycles. The molecule has 1 saturated heterocycles. The van der Waals surface area contributed by atoms with E-state index in [2.05, 4.69) is 0 Å². The molecule has 1 aliphatic rings. The minimum absolute atomic E-state index is 0.0139. The van der Waals surface area contributed by atoms with Gasteiger partial charge in [-0.1, -0.05) is 36.1 Å². The summed E-state index contributed by atoms with van der Waals surface area (Å²) in [5.74, 6) is -1.55. The van der Waals surface area contributed by atoms with Crippen molar-refractivity contribution in [2.75, 3.05) is 6.54 Å². The van der Waals surface area contributed by atoms with Crippen LogP contribution in [0.3, 0.4) is 0 Å². The van der Waals surface area contributed by atoms with Gasteiger partial charge in [-0.15, -0.1) is 0 Å². The van der Waals surface area contributed by atoms with Gasteiger partial charge in [-0.05, 0) is 30.2 Å². The van der Waals surface area contributed by atoms with Crippen LogP contribution in [0.25, 0.3) is 6.08 Å². The van der Waals surface area contributed by atoms with E-state index in [1.165, 1.54) is 17.0 Å². The molecule has 0 atom stereocenters. The number of nitrogens with zero attached hydrogens (tertiary/aromatic N) is 1. The Hall–Kier alpha value is -1.73. The van der Waals surface area contributed by atoms with Gasteiger partial charge in [0.15, 0.2) is 0 Å². The number of aliphatic carboxylic acids is 1. The van der Waals surface area contributed by atoms with E-state index in [1.54, 1.807) is 18.2 Å². The number of benzene rings is 1. The highest BCUT2D eigenvalue weighted by Crippen LogP contribution is 2.32. The zero-order valence-electron chi connectivity index (χ0n) is 10.9. The molecule has 110 valence electrons. The van der Waals surface area contributed by atoms with Gasteiger partial charge in [0.05, 0.1) is 4.91 Å². The molecule has 1 N–H and O–H groups in total. The van der Waals surface area contributed by atoms with Crippen LogP contribution in [0.2, 0.25) is 0 Å². The first-order valence-corrected chi connectivity index (χ1v) is 7.42. The van der Waals surface area contributed by atoms with Crippen LogP contribution in [0.1, 0.15) is 18.4 Å². The molecule has 4 nitrogen and oxygen atoms in total. The molecule has 7 heteroatoms. The van der Waals surface area contributed by atoms with Crippen LogP contribution in [-0.2, 0) is 9.59 Å². The molecule has 0 bridgehead atoms. The lowest BCUT2D eigenvalue weighted by Gasteiger charge is -2.13. The fourth-order valence-electron chi connectivity index (χ4n) is 1.83. The molecule has 1 aromatic rings. The lowest BCUT2D eigenvalue weighted by Crippen LogP contribution is -2.29. The summed E-state index contributed by atoms with van der Waals surface area (Å²) in [6, 6.07) is 5.92. The number of hydrogen-bond acceptors (Lipinski definition) is 4. The number of hydrogen-bond donors (Lipinski definition) is 1. The van der Waals surface area contributed by atoms with E-state index in [0.29, 0.717) is 21.2 Å². The Bertz CT molecular complexity index is 630. The SMILES string of the molecule is O=C(O)CCCN1C(=O)C(=Cc2cccc(F)c2)SC1=S. The normalized spacial score (nSPS) is 16.8. The Kier molecular flexibility index (Phi) is 5.08. The molecule has 21 heavy (non-hydrogen) atoms. The van der Waals surface area contributed by atoms with Crippen LogP contribution >= 0.6 is 24.0 Å². The number of thiocarbonyl (C=S) groups is 1. The number of thioether (sulfide) groups is 1. The van der Waals surface area contributed by atoms with Crippen LogP contribution < -0.4 is 0 Å². The third-order valence-electron chi connectivity index (χ3n) is 2.79. The van der Waals surface area contributed by atoms with Crippen LogP contribution in [0.4, 0.5) is 4.39 Å². The van der Waals surface area contributed by atoms with Crippen molar-refractivity contribution in [2.45, 2.75) is 12.8 Å². The van der Waals surface area contributed by atoms with Gasteiger partial charge in [-0.3, -0.25) is 14.5 Å². The second-order valence-corrected chi connectivity index (χ2v) is 6.06. The molecular weight excluding hydrogens is 313 g/mol. The van der Waals surface area contributed by atoms with Crippen molar-refractivity contribution in [1.82, 2.24) is 4.90 Å². The summed E-state index contributed by atoms with van der Waals surface area (Å²) in [7, 11) is 0. The summed E-state index contributed by atoms with van der Waals surface area (Å²) in [6.45, 7) is 0.275. The van der Waals surface area contributed by atoms with E-state index >= 15 is 0 Å². The van der Waals surface area contributed by atoms with E-state index in [0.717, 1.165) is 11.8 Å². The molecule has 1 aliphatic heterocycles. The van der Waals surface area contributed by atoms with Gasteiger partial charge >= 0.3 is 5.97 Å². The number of amides is 1. The second kappa shape index (κ2) is 6.82. The Balaban J connectivity index is 2.08. The summed E-state index contributed by atoms with van der Waals surface area (Å²) in [5.41, 5.74) is 0.584. The number of carboxylic acids is 1. The van der Waals surface area contributed by atoms with Crippen molar-refractivity contribution < 1.29 is 19.1 Å². The Morgan fingerprint density at radius 1 is 1.48 bits per heavy atom. The summed E-state index contributed by atoms with van der Waals surface area (Å²) in [5, 5.41) is 8.60. The van der Waals surface area contributed by atoms with Crippen LogP contribution in [0.15, 0.2) is 29.2 Å². The third-order valence-corrected chi connectivity index (χ3v) is 4.17. The largest absolute Gasteiger partial charge is 0.481 e. The van der Waals surface area contributed by atoms with E-state index in [9.17, 15) is 14.0 Å². The average molecular weight is 325 g/mol. The lowest BCUT2D eigenvalue weighted by atomic mass is 10.2. The Morgan fingerprint density at radius 2 is 2.24 bits per heavy atom. The molecule has 0 spiro atoms. The highest BCUT2D eigenvalue weighted by atomic mass is 32.2. The van der Waals surface area contributed by atoms with Gasteiger partial charge in [0.25, 0.3) is 5.91 Å². The van der Waals surface area contributed by atoms with Crippen molar-refractivity contribution in [1.29, 1.82) is 0 Å². The number of rotatable bonds is 5. The highest BCUT2D eigenvalue weighted by Gasteiger charge is 2.31. The first-order chi connectivity index (χ1) is 9.97. The molecule has 1 amide bonds. The Labute approximate surface area is 130 Å². The average Bonchev–Trinajstić information content (AvgIpc) is 2.66. The number of halogens is 1. The lowest BCUT2D eigenvalue weighted by molar-refractivity contribution is -0.137. The zero-order valence-corrected chi connectivity index (χ0v) is 12.5. The van der Waals surface area contributed by atoms with Crippen molar-refractivity contribution in [2.24, 2.45) is 0 Å². The summed E-state index contributed by atoms with van der Waals surface area (Å²) < 4.78 is 13.5. The van der Waals surface area contributed by atoms with E-state index in [-0.39, 0.29) is 24.7 Å². The minimum Gasteiger partial charge on any atom is -0.481 e. The highest BCUT2D eigenvalue weighted by molar-refractivity contribution is 8.26. The first kappa shape index (κ1) is 15.7. The molecular formula is C14H12FNO3S2. The smallest absolute Gasteiger partial charge is 0.303 e. The minimum atomic E-state index is -0.907. The maximum Gasteiger partial charge on any atom is 0.303 e. The van der Waals surface area contributed by atoms with Crippen molar-refractivity contribution in [3.63, 3.8) is 0 Å². The van der Waals surface area contributed by atoms with Gasteiger partial charge in [-0.25, -0.2) is 4.39 Å². The summed E-state index contributed by atoms with van der Waals surface area (Å²) in [4.78, 5) is 24.5. The predicted molar refractivity (Wildman–Crippen MR) is 83.1 cm³/mol. The fraction of sp³-hybridized carbons (Fsp3) is 0.214. The maximum atomic E-state index is 13.1. The number of carboxylic acid groups (broad SMARTS) is 1. The monoisotopic (exact) mass is 325 g/mol. The van der Waals surface area contributed by atoms with Crippen molar-refractivity contribution in [3.8, 4) is 0 Å². The van der Waals surface area contributed by atoms with Gasteiger partial charge in [0, 0.05) is 13.0 Å². The maximum absolute atomic E-state index is 13.1. The predicted octanol–water partition coefficient (Wildman–Crippen LogP) is 2.89. The van der Waals surface area contributed by atoms with Crippen molar-refractivity contribution in [3.05, 3.63) is 40.6 Å². The van der Waals surface area contributed by atoms with Gasteiger partial charge in [0.1, 0.15) is 10.1 Å². The van der Waals surface area contributed by atoms with Gasteiger partial charge < -0.3 is 5.11 Å². The molecule has 0 saturated carbocycles. The fourth-order valence-corrected chi connectivity index (χ4v) is 3.14. The molecule has 1 heterocycles. The molecule has 2 rings (SSSR count). The van der Waals surface area contributed by atoms with Gasteiger partial charge in [-0.2, -0.15) is 0 Å². The number of carbonyl (C=O) groups is 2. The number of carbonyl (C=O) groups excluding carboxylic acids is 1. The van der Waals surface area contributed by atoms with Crippen LogP contribution in [0, 0.1) is 5.82 Å². The molecule has 0 radical (unpaired) electrons. The van der Waals surface area contributed by atoms with Crippen LogP contribution in [0.5, 0.6) is 0 Å². The van der Waals surface area contributed by atoms with E-state index < -0.39 is 5.97 Å². The third kappa shape index (κ3) is 4.12. The van der Waals surface area contributed by atoms with E-state index in [1.807, 2.05) is 0 Å². The quantitative estimate of drug-likeness (QED) is 0.666. The second-order valence-electron chi connectivity index (χ2n) is 4.39. The summed E-state index contributed by atoms with van der Waals surface area (Å²) >= 11 is 6.26. The first-order valence-electron chi connectivity index (χ1n) is 6.20. The zero-order chi connectivity index (χ0) is 15.4. The molecule has 0 unspecified atom stereocenters. The topological polar surface area (TPSA) is 57.6 Å². The van der Waals surface area contributed by atoms with E-state index in [4.69, 9.17) is 17.3 Å². The van der Waals surface area contributed by atoms with Gasteiger partial charge in [0.2, 0.25) is 0 Å². The van der Waals surface area contributed by atoms with Crippen molar-refractivity contribution >= 4 is 46.3 Å². The summed E-state index contributed by atoms with van der Waals surface area (Å²) in [6.07, 6.45) is 1.91. The Morgan fingerprint density at radius 3 is 2.90 bits per heavy atom. The molecule has 1 fully saturated rings. The standard InChI is InChI=1S/C14H12FNO3S2/c15-10-4-1-3-9(7-10)8-11-13(19)16(14(20)21-11)6-2-5-12(17)18/h1,3-4,7-8H,2,5-6H2,(H,17,18).